The summed E-state index contributed by atoms with van der Waals surface area (Å²) >= 11 is 1.63. The van der Waals surface area contributed by atoms with Gasteiger partial charge >= 0.3 is 5.97 Å². The number of carbonyl (C=O) groups is 1. The lowest BCUT2D eigenvalue weighted by Crippen LogP contribution is -2.24. The molecule has 1 aromatic rings. The molecular formula is C11H20N4O2S. The van der Waals surface area contributed by atoms with Crippen LogP contribution in [-0.4, -0.2) is 43.3 Å². The van der Waals surface area contributed by atoms with Gasteiger partial charge in [0.2, 0.25) is 0 Å². The second kappa shape index (κ2) is 7.35. The molecule has 0 saturated heterocycles. The number of aromatic nitrogens is 4. The monoisotopic (exact) mass is 272 g/mol. The number of hydrogen-bond donors (Lipinski definition) is 1. The van der Waals surface area contributed by atoms with Crippen molar-refractivity contribution < 1.29 is 9.90 Å². The molecule has 0 aliphatic carbocycles. The first kappa shape index (κ1) is 14.9. The number of hydrogen-bond acceptors (Lipinski definition) is 5. The van der Waals surface area contributed by atoms with Crippen LogP contribution >= 0.6 is 11.8 Å². The second-order valence-electron chi connectivity index (χ2n) is 4.13. The minimum absolute atomic E-state index is 0.219. The van der Waals surface area contributed by atoms with E-state index in [4.69, 9.17) is 0 Å². The third kappa shape index (κ3) is 3.44. The van der Waals surface area contributed by atoms with Crippen molar-refractivity contribution in [2.45, 2.75) is 45.1 Å². The van der Waals surface area contributed by atoms with E-state index in [-0.39, 0.29) is 5.92 Å². The Morgan fingerprint density at radius 3 is 2.61 bits per heavy atom. The van der Waals surface area contributed by atoms with E-state index in [2.05, 4.69) is 29.4 Å². The Morgan fingerprint density at radius 1 is 1.44 bits per heavy atom. The Labute approximate surface area is 111 Å². The second-order valence-corrected chi connectivity index (χ2v) is 5.12. The van der Waals surface area contributed by atoms with Gasteiger partial charge in [-0.15, -0.1) is 5.10 Å². The fourth-order valence-corrected chi connectivity index (χ4v) is 2.38. The van der Waals surface area contributed by atoms with Gasteiger partial charge in [-0.2, -0.15) is 11.8 Å². The molecule has 0 aliphatic rings. The summed E-state index contributed by atoms with van der Waals surface area (Å²) in [6.07, 6.45) is 4.31. The maximum Gasteiger partial charge on any atom is 0.328 e. The summed E-state index contributed by atoms with van der Waals surface area (Å²) in [6, 6.07) is -0.664. The summed E-state index contributed by atoms with van der Waals surface area (Å²) in [5, 5.41) is 20.8. The van der Waals surface area contributed by atoms with Crippen molar-refractivity contribution in [3.05, 3.63) is 5.82 Å². The fourth-order valence-electron chi connectivity index (χ4n) is 1.92. The fraction of sp³-hybridized carbons (Fsp3) is 0.818. The van der Waals surface area contributed by atoms with Crippen LogP contribution in [0, 0.1) is 0 Å². The summed E-state index contributed by atoms with van der Waals surface area (Å²) in [5.41, 5.74) is 0. The number of thioether (sulfide) groups is 1. The Bertz CT molecular complexity index is 379. The zero-order chi connectivity index (χ0) is 13.5. The number of aliphatic carboxylic acids is 1. The maximum absolute atomic E-state index is 11.3. The SMILES string of the molecule is CCC(CC)c1nnnn1C(CCSC)C(=O)O. The van der Waals surface area contributed by atoms with Crippen LogP contribution in [0.2, 0.25) is 0 Å². The first-order valence-electron chi connectivity index (χ1n) is 6.15. The first-order valence-corrected chi connectivity index (χ1v) is 7.54. The summed E-state index contributed by atoms with van der Waals surface area (Å²) in [6.45, 7) is 4.12. The Morgan fingerprint density at radius 2 is 2.11 bits per heavy atom. The molecule has 1 atom stereocenters. The van der Waals surface area contributed by atoms with Crippen LogP contribution in [-0.2, 0) is 4.79 Å². The number of carboxylic acids is 1. The topological polar surface area (TPSA) is 80.9 Å². The lowest BCUT2D eigenvalue weighted by atomic mass is 10.0. The Hall–Kier alpha value is -1.11. The van der Waals surface area contributed by atoms with Crippen LogP contribution in [0.3, 0.4) is 0 Å². The largest absolute Gasteiger partial charge is 0.480 e. The van der Waals surface area contributed by atoms with Crippen molar-refractivity contribution in [1.82, 2.24) is 20.2 Å². The van der Waals surface area contributed by atoms with Gasteiger partial charge < -0.3 is 5.11 Å². The molecule has 1 rings (SSSR count). The normalized spacial score (nSPS) is 12.9. The third-order valence-corrected chi connectivity index (χ3v) is 3.69. The van der Waals surface area contributed by atoms with Gasteiger partial charge in [-0.05, 0) is 41.7 Å². The molecule has 0 aliphatic heterocycles. The summed E-state index contributed by atoms with van der Waals surface area (Å²) in [7, 11) is 0. The quantitative estimate of drug-likeness (QED) is 0.779. The van der Waals surface area contributed by atoms with Crippen LogP contribution in [0.25, 0.3) is 0 Å². The van der Waals surface area contributed by atoms with Gasteiger partial charge in [0.25, 0.3) is 0 Å². The van der Waals surface area contributed by atoms with E-state index in [9.17, 15) is 9.90 Å². The molecule has 0 amide bonds. The zero-order valence-corrected chi connectivity index (χ0v) is 11.9. The standard InChI is InChI=1S/C11H20N4O2S/c1-4-8(5-2)10-12-13-14-15(10)9(11(16)17)6-7-18-3/h8-9H,4-7H2,1-3H3,(H,16,17). The smallest absolute Gasteiger partial charge is 0.328 e. The molecule has 1 heterocycles. The van der Waals surface area contributed by atoms with Gasteiger partial charge in [-0.25, -0.2) is 9.48 Å². The number of tetrazole rings is 1. The minimum Gasteiger partial charge on any atom is -0.480 e. The average molecular weight is 272 g/mol. The average Bonchev–Trinajstić information content (AvgIpc) is 2.80. The first-order chi connectivity index (χ1) is 8.65. The van der Waals surface area contributed by atoms with E-state index < -0.39 is 12.0 Å². The highest BCUT2D eigenvalue weighted by atomic mass is 32.2. The number of carboxylic acid groups (broad SMARTS) is 1. The van der Waals surface area contributed by atoms with Crippen LogP contribution in [0.15, 0.2) is 0 Å². The number of nitrogens with zero attached hydrogens (tertiary/aromatic N) is 4. The summed E-state index contributed by atoms with van der Waals surface area (Å²) in [5.74, 6) is 0.812. The van der Waals surface area contributed by atoms with Gasteiger partial charge in [0.15, 0.2) is 11.9 Å². The predicted octanol–water partition coefficient (Wildman–Crippen LogP) is 1.96. The van der Waals surface area contributed by atoms with Crippen molar-refractivity contribution in [1.29, 1.82) is 0 Å². The molecular weight excluding hydrogens is 252 g/mol. The predicted molar refractivity (Wildman–Crippen MR) is 70.8 cm³/mol. The number of rotatable bonds is 8. The molecule has 102 valence electrons. The van der Waals surface area contributed by atoms with E-state index in [1.165, 1.54) is 4.68 Å². The molecule has 7 heteroatoms. The van der Waals surface area contributed by atoms with Crippen molar-refractivity contribution >= 4 is 17.7 Å². The molecule has 0 radical (unpaired) electrons. The lowest BCUT2D eigenvalue weighted by Gasteiger charge is -2.17. The third-order valence-electron chi connectivity index (χ3n) is 3.04. The van der Waals surface area contributed by atoms with Crippen LogP contribution in [0.4, 0.5) is 0 Å². The van der Waals surface area contributed by atoms with Crippen molar-refractivity contribution in [2.75, 3.05) is 12.0 Å². The van der Waals surface area contributed by atoms with E-state index in [1.54, 1.807) is 11.8 Å². The summed E-state index contributed by atoms with van der Waals surface area (Å²) in [4.78, 5) is 11.3. The summed E-state index contributed by atoms with van der Waals surface area (Å²) < 4.78 is 1.48. The highest BCUT2D eigenvalue weighted by molar-refractivity contribution is 7.98. The van der Waals surface area contributed by atoms with Gasteiger partial charge in [0.05, 0.1) is 0 Å². The maximum atomic E-state index is 11.3. The molecule has 18 heavy (non-hydrogen) atoms. The zero-order valence-electron chi connectivity index (χ0n) is 11.0. The molecule has 1 aromatic heterocycles. The van der Waals surface area contributed by atoms with Gasteiger partial charge in [0, 0.05) is 5.92 Å². The van der Waals surface area contributed by atoms with Crippen LogP contribution in [0.1, 0.15) is 50.9 Å². The van der Waals surface area contributed by atoms with E-state index in [0.29, 0.717) is 12.2 Å². The highest BCUT2D eigenvalue weighted by Gasteiger charge is 2.26. The molecule has 6 nitrogen and oxygen atoms in total. The Balaban J connectivity index is 2.98. The minimum atomic E-state index is -0.872. The van der Waals surface area contributed by atoms with Crippen LogP contribution < -0.4 is 0 Å². The van der Waals surface area contributed by atoms with Crippen molar-refractivity contribution in [2.24, 2.45) is 0 Å². The molecule has 0 saturated carbocycles. The van der Waals surface area contributed by atoms with Crippen LogP contribution in [0.5, 0.6) is 0 Å². The molecule has 0 bridgehead atoms. The molecule has 0 aromatic carbocycles. The van der Waals surface area contributed by atoms with E-state index in [0.717, 1.165) is 18.6 Å². The molecule has 1 N–H and O–H groups in total. The molecule has 0 spiro atoms. The van der Waals surface area contributed by atoms with Gasteiger partial charge in [-0.1, -0.05) is 13.8 Å². The van der Waals surface area contributed by atoms with E-state index in [1.807, 2.05) is 6.26 Å². The Kier molecular flexibility index (Phi) is 6.11. The highest BCUT2D eigenvalue weighted by Crippen LogP contribution is 2.24. The van der Waals surface area contributed by atoms with Crippen molar-refractivity contribution in [3.63, 3.8) is 0 Å². The lowest BCUT2D eigenvalue weighted by molar-refractivity contribution is -0.141. The molecule has 1 unspecified atom stereocenters. The van der Waals surface area contributed by atoms with Crippen molar-refractivity contribution in [3.8, 4) is 0 Å². The molecule has 0 fully saturated rings. The van der Waals surface area contributed by atoms with E-state index >= 15 is 0 Å². The van der Waals surface area contributed by atoms with Gasteiger partial charge in [0.1, 0.15) is 0 Å². The van der Waals surface area contributed by atoms with Gasteiger partial charge in [-0.3, -0.25) is 0 Å².